The number of hydrogen-bond donors (Lipinski definition) is 1. The highest BCUT2D eigenvalue weighted by Gasteiger charge is 2.10. The third-order valence-corrected chi connectivity index (χ3v) is 2.02. The number of carbonyl (C=O) groups is 1. The molecule has 0 aliphatic rings. The minimum Gasteiger partial charge on any atom is -0.481 e. The van der Waals surface area contributed by atoms with Gasteiger partial charge in [-0.3, -0.25) is 4.79 Å². The summed E-state index contributed by atoms with van der Waals surface area (Å²) in [6, 6.07) is 0. The van der Waals surface area contributed by atoms with Gasteiger partial charge in [0.1, 0.15) is 0 Å². The molecule has 0 aromatic carbocycles. The van der Waals surface area contributed by atoms with Gasteiger partial charge in [-0.2, -0.15) is 0 Å². The molecule has 0 bridgehead atoms. The van der Waals surface area contributed by atoms with E-state index in [4.69, 9.17) is 5.11 Å². The number of rotatable bonds is 5. The van der Waals surface area contributed by atoms with Gasteiger partial charge in [-0.05, 0) is 18.3 Å². The Morgan fingerprint density at radius 1 is 1.36 bits per heavy atom. The zero-order chi connectivity index (χ0) is 8.85. The van der Waals surface area contributed by atoms with Gasteiger partial charge in [0.15, 0.2) is 0 Å². The SMILES string of the molecule is CCC(C)CC(C)CC(=O)O. The van der Waals surface area contributed by atoms with E-state index in [-0.39, 0.29) is 0 Å². The van der Waals surface area contributed by atoms with E-state index >= 15 is 0 Å². The molecule has 2 atom stereocenters. The Morgan fingerprint density at radius 2 is 1.91 bits per heavy atom. The fraction of sp³-hybridized carbons (Fsp3) is 0.889. The molecule has 0 saturated carbocycles. The summed E-state index contributed by atoms with van der Waals surface area (Å²) in [6.45, 7) is 6.30. The van der Waals surface area contributed by atoms with E-state index in [2.05, 4.69) is 13.8 Å². The number of aliphatic carboxylic acids is 1. The first-order chi connectivity index (χ1) is 5.06. The quantitative estimate of drug-likeness (QED) is 0.667. The first kappa shape index (κ1) is 10.5. The van der Waals surface area contributed by atoms with Crippen LogP contribution in [0.25, 0.3) is 0 Å². The minimum atomic E-state index is -0.680. The molecule has 2 nitrogen and oxygen atoms in total. The van der Waals surface area contributed by atoms with Crippen molar-refractivity contribution in [3.63, 3.8) is 0 Å². The fourth-order valence-corrected chi connectivity index (χ4v) is 1.23. The van der Waals surface area contributed by atoms with E-state index in [1.807, 2.05) is 6.92 Å². The molecule has 0 saturated heterocycles. The normalized spacial score (nSPS) is 15.9. The zero-order valence-corrected chi connectivity index (χ0v) is 7.63. The van der Waals surface area contributed by atoms with Crippen LogP contribution in [0.3, 0.4) is 0 Å². The third kappa shape index (κ3) is 5.89. The fourth-order valence-electron chi connectivity index (χ4n) is 1.23. The monoisotopic (exact) mass is 158 g/mol. The van der Waals surface area contributed by atoms with E-state index in [0.29, 0.717) is 18.3 Å². The maximum Gasteiger partial charge on any atom is 0.303 e. The van der Waals surface area contributed by atoms with E-state index in [1.54, 1.807) is 0 Å². The minimum absolute atomic E-state index is 0.310. The van der Waals surface area contributed by atoms with Crippen molar-refractivity contribution in [2.75, 3.05) is 0 Å². The smallest absolute Gasteiger partial charge is 0.303 e. The molecule has 11 heavy (non-hydrogen) atoms. The predicted octanol–water partition coefficient (Wildman–Crippen LogP) is 2.53. The van der Waals surface area contributed by atoms with E-state index in [0.717, 1.165) is 12.8 Å². The molecule has 0 aliphatic heterocycles. The van der Waals surface area contributed by atoms with E-state index in [9.17, 15) is 4.79 Å². The lowest BCUT2D eigenvalue weighted by Crippen LogP contribution is -2.07. The second kappa shape index (κ2) is 5.16. The highest BCUT2D eigenvalue weighted by atomic mass is 16.4. The molecule has 2 heteroatoms. The number of carboxylic acid groups (broad SMARTS) is 1. The Hall–Kier alpha value is -0.530. The van der Waals surface area contributed by atoms with Crippen LogP contribution in [0.1, 0.15) is 40.0 Å². The molecule has 0 radical (unpaired) electrons. The molecule has 0 amide bonds. The second-order valence-electron chi connectivity index (χ2n) is 3.45. The van der Waals surface area contributed by atoms with E-state index < -0.39 is 5.97 Å². The Morgan fingerprint density at radius 3 is 2.27 bits per heavy atom. The summed E-state index contributed by atoms with van der Waals surface area (Å²) in [7, 11) is 0. The Kier molecular flexibility index (Phi) is 4.92. The van der Waals surface area contributed by atoms with Crippen LogP contribution in [0.15, 0.2) is 0 Å². The van der Waals surface area contributed by atoms with Crippen molar-refractivity contribution in [2.24, 2.45) is 11.8 Å². The third-order valence-electron chi connectivity index (χ3n) is 2.02. The average Bonchev–Trinajstić information content (AvgIpc) is 1.85. The lowest BCUT2D eigenvalue weighted by atomic mass is 9.93. The Bertz CT molecular complexity index is 121. The first-order valence-corrected chi connectivity index (χ1v) is 4.28. The molecule has 0 aromatic rings. The summed E-state index contributed by atoms with van der Waals surface area (Å²) in [5.74, 6) is 0.299. The highest BCUT2D eigenvalue weighted by molar-refractivity contribution is 5.66. The van der Waals surface area contributed by atoms with Gasteiger partial charge in [0.05, 0.1) is 0 Å². The van der Waals surface area contributed by atoms with Crippen molar-refractivity contribution in [3.8, 4) is 0 Å². The van der Waals surface area contributed by atoms with Gasteiger partial charge < -0.3 is 5.11 Å². The maximum atomic E-state index is 10.3. The molecule has 0 aromatic heterocycles. The standard InChI is InChI=1S/C9H18O2/c1-4-7(2)5-8(3)6-9(10)11/h7-8H,4-6H2,1-3H3,(H,10,11). The van der Waals surface area contributed by atoms with Crippen LogP contribution in [0.4, 0.5) is 0 Å². The Labute approximate surface area is 68.6 Å². The average molecular weight is 158 g/mol. The van der Waals surface area contributed by atoms with Crippen LogP contribution < -0.4 is 0 Å². The van der Waals surface area contributed by atoms with Gasteiger partial charge in [-0.25, -0.2) is 0 Å². The van der Waals surface area contributed by atoms with Gasteiger partial charge in [0.25, 0.3) is 0 Å². The van der Waals surface area contributed by atoms with E-state index in [1.165, 1.54) is 0 Å². The van der Waals surface area contributed by atoms with Gasteiger partial charge in [-0.15, -0.1) is 0 Å². The van der Waals surface area contributed by atoms with Gasteiger partial charge in [-0.1, -0.05) is 27.2 Å². The van der Waals surface area contributed by atoms with Gasteiger partial charge in [0, 0.05) is 6.42 Å². The summed E-state index contributed by atoms with van der Waals surface area (Å²) in [6.07, 6.45) is 2.48. The maximum absolute atomic E-state index is 10.3. The Balaban J connectivity index is 3.51. The molecular formula is C9H18O2. The van der Waals surface area contributed by atoms with Crippen LogP contribution in [0.2, 0.25) is 0 Å². The molecule has 2 unspecified atom stereocenters. The lowest BCUT2D eigenvalue weighted by molar-refractivity contribution is -0.138. The summed E-state index contributed by atoms with van der Waals surface area (Å²) in [5, 5.41) is 8.47. The predicted molar refractivity (Wildman–Crippen MR) is 45.5 cm³/mol. The summed E-state index contributed by atoms with van der Waals surface area (Å²) in [4.78, 5) is 10.3. The molecule has 0 fully saturated rings. The van der Waals surface area contributed by atoms with Crippen LogP contribution in [0.5, 0.6) is 0 Å². The molecule has 0 spiro atoms. The summed E-state index contributed by atoms with van der Waals surface area (Å²) >= 11 is 0. The largest absolute Gasteiger partial charge is 0.481 e. The second-order valence-corrected chi connectivity index (χ2v) is 3.45. The molecule has 0 rings (SSSR count). The molecule has 0 aliphatic carbocycles. The van der Waals surface area contributed by atoms with Crippen LogP contribution in [0, 0.1) is 11.8 Å². The molecule has 66 valence electrons. The molecule has 0 heterocycles. The van der Waals surface area contributed by atoms with Crippen LogP contribution in [-0.4, -0.2) is 11.1 Å². The van der Waals surface area contributed by atoms with Crippen LogP contribution >= 0.6 is 0 Å². The van der Waals surface area contributed by atoms with Crippen molar-refractivity contribution in [1.82, 2.24) is 0 Å². The zero-order valence-electron chi connectivity index (χ0n) is 7.63. The summed E-state index contributed by atoms with van der Waals surface area (Å²) in [5.41, 5.74) is 0. The van der Waals surface area contributed by atoms with Gasteiger partial charge >= 0.3 is 5.97 Å². The molecular weight excluding hydrogens is 140 g/mol. The van der Waals surface area contributed by atoms with Gasteiger partial charge in [0.2, 0.25) is 0 Å². The van der Waals surface area contributed by atoms with Crippen molar-refractivity contribution >= 4 is 5.97 Å². The lowest BCUT2D eigenvalue weighted by Gasteiger charge is -2.13. The number of carboxylic acids is 1. The first-order valence-electron chi connectivity index (χ1n) is 4.28. The van der Waals surface area contributed by atoms with Crippen molar-refractivity contribution < 1.29 is 9.90 Å². The topological polar surface area (TPSA) is 37.3 Å². The molecule has 1 N–H and O–H groups in total. The van der Waals surface area contributed by atoms with Crippen LogP contribution in [-0.2, 0) is 4.79 Å². The summed E-state index contributed by atoms with van der Waals surface area (Å²) < 4.78 is 0. The van der Waals surface area contributed by atoms with Crippen molar-refractivity contribution in [3.05, 3.63) is 0 Å². The van der Waals surface area contributed by atoms with Crippen molar-refractivity contribution in [2.45, 2.75) is 40.0 Å². The number of hydrogen-bond acceptors (Lipinski definition) is 1. The van der Waals surface area contributed by atoms with Crippen molar-refractivity contribution in [1.29, 1.82) is 0 Å². The highest BCUT2D eigenvalue weighted by Crippen LogP contribution is 2.16.